The second kappa shape index (κ2) is 6.53. The van der Waals surface area contributed by atoms with Crippen molar-refractivity contribution in [3.63, 3.8) is 0 Å². The third kappa shape index (κ3) is 4.42. The minimum Gasteiger partial charge on any atom is -0.508 e. The normalized spacial score (nSPS) is 10.3. The summed E-state index contributed by atoms with van der Waals surface area (Å²) in [7, 11) is 0. The second-order valence-electron chi connectivity index (χ2n) is 4.21. The van der Waals surface area contributed by atoms with Crippen LogP contribution in [0.5, 0.6) is 5.75 Å². The fourth-order valence-electron chi connectivity index (χ4n) is 1.73. The van der Waals surface area contributed by atoms with Gasteiger partial charge in [0.2, 0.25) is 5.91 Å². The molecule has 0 fully saturated rings. The predicted molar refractivity (Wildman–Crippen MR) is 69.5 cm³/mol. The van der Waals surface area contributed by atoms with E-state index in [0.717, 1.165) is 18.5 Å². The number of carbonyl (C=O) groups excluding carboxylic acids is 1. The quantitative estimate of drug-likeness (QED) is 0.750. The Labute approximate surface area is 111 Å². The Hall–Kier alpha value is -2.37. The van der Waals surface area contributed by atoms with Gasteiger partial charge in [-0.2, -0.15) is 5.10 Å². The number of phenolic OH excluding ortho intramolecular Hbond substituents is 1. The molecule has 0 spiro atoms. The summed E-state index contributed by atoms with van der Waals surface area (Å²) in [6, 6.07) is 6.71. The molecule has 6 nitrogen and oxygen atoms in total. The summed E-state index contributed by atoms with van der Waals surface area (Å²) in [6.45, 7) is 1.32. The number of benzene rings is 1. The molecule has 0 unspecified atom stereocenters. The van der Waals surface area contributed by atoms with Gasteiger partial charge in [0.15, 0.2) is 0 Å². The summed E-state index contributed by atoms with van der Waals surface area (Å²) in [5, 5.41) is 16.1. The van der Waals surface area contributed by atoms with Crippen molar-refractivity contribution in [3.05, 3.63) is 42.5 Å². The highest BCUT2D eigenvalue weighted by atomic mass is 16.3. The first-order chi connectivity index (χ1) is 9.24. The Morgan fingerprint density at radius 1 is 1.42 bits per heavy atom. The number of phenols is 1. The molecule has 1 amide bonds. The van der Waals surface area contributed by atoms with Crippen LogP contribution in [-0.4, -0.2) is 32.3 Å². The Balaban J connectivity index is 1.67. The zero-order chi connectivity index (χ0) is 13.5. The second-order valence-corrected chi connectivity index (χ2v) is 4.21. The molecule has 0 bridgehead atoms. The first-order valence-electron chi connectivity index (χ1n) is 6.11. The van der Waals surface area contributed by atoms with Crippen molar-refractivity contribution < 1.29 is 9.90 Å². The van der Waals surface area contributed by atoms with Crippen molar-refractivity contribution in [2.45, 2.75) is 19.4 Å². The molecule has 0 radical (unpaired) electrons. The largest absolute Gasteiger partial charge is 0.508 e. The van der Waals surface area contributed by atoms with Crippen LogP contribution in [0, 0.1) is 0 Å². The van der Waals surface area contributed by atoms with E-state index in [-0.39, 0.29) is 18.1 Å². The molecule has 0 saturated carbocycles. The Morgan fingerprint density at radius 3 is 3.05 bits per heavy atom. The molecule has 1 aromatic heterocycles. The maximum absolute atomic E-state index is 11.7. The Morgan fingerprint density at radius 2 is 2.32 bits per heavy atom. The number of hydrogen-bond acceptors (Lipinski definition) is 4. The lowest BCUT2D eigenvalue weighted by Gasteiger charge is -2.05. The standard InChI is InChI=1S/C13H16N4O2/c18-12-4-1-3-11(7-12)8-13(19)15-5-2-6-17-10-14-9-16-17/h1,3-4,7,9-10,18H,2,5-6,8H2,(H,15,19). The minimum atomic E-state index is -0.0517. The lowest BCUT2D eigenvalue weighted by Crippen LogP contribution is -2.26. The van der Waals surface area contributed by atoms with Gasteiger partial charge in [-0.05, 0) is 24.1 Å². The number of nitrogens with one attached hydrogen (secondary N) is 1. The van der Waals surface area contributed by atoms with E-state index >= 15 is 0 Å². The van der Waals surface area contributed by atoms with Crippen molar-refractivity contribution in [1.29, 1.82) is 0 Å². The van der Waals surface area contributed by atoms with Crippen molar-refractivity contribution >= 4 is 5.91 Å². The Bertz CT molecular complexity index is 525. The highest BCUT2D eigenvalue weighted by Gasteiger charge is 2.03. The van der Waals surface area contributed by atoms with Crippen LogP contribution in [0.2, 0.25) is 0 Å². The van der Waals surface area contributed by atoms with E-state index in [1.807, 2.05) is 6.07 Å². The first kappa shape index (κ1) is 13.1. The highest BCUT2D eigenvalue weighted by Crippen LogP contribution is 2.11. The van der Waals surface area contributed by atoms with E-state index in [1.165, 1.54) is 6.33 Å². The third-order valence-electron chi connectivity index (χ3n) is 2.63. The van der Waals surface area contributed by atoms with Gasteiger partial charge >= 0.3 is 0 Å². The summed E-state index contributed by atoms with van der Waals surface area (Å²) in [4.78, 5) is 15.5. The van der Waals surface area contributed by atoms with E-state index in [9.17, 15) is 9.90 Å². The van der Waals surface area contributed by atoms with Crippen LogP contribution in [0.15, 0.2) is 36.9 Å². The van der Waals surface area contributed by atoms with Gasteiger partial charge in [0, 0.05) is 13.1 Å². The van der Waals surface area contributed by atoms with Gasteiger partial charge in [0.1, 0.15) is 18.4 Å². The molecule has 6 heteroatoms. The van der Waals surface area contributed by atoms with Crippen LogP contribution in [0.4, 0.5) is 0 Å². The van der Waals surface area contributed by atoms with Gasteiger partial charge in [0.25, 0.3) is 0 Å². The molecule has 2 rings (SSSR count). The topological polar surface area (TPSA) is 80.0 Å². The summed E-state index contributed by atoms with van der Waals surface area (Å²) in [6.07, 6.45) is 4.21. The van der Waals surface area contributed by atoms with Gasteiger partial charge in [0.05, 0.1) is 6.42 Å². The smallest absolute Gasteiger partial charge is 0.224 e. The Kier molecular flexibility index (Phi) is 4.49. The van der Waals surface area contributed by atoms with Gasteiger partial charge in [-0.15, -0.1) is 0 Å². The average Bonchev–Trinajstić information content (AvgIpc) is 2.88. The fourth-order valence-corrected chi connectivity index (χ4v) is 1.73. The van der Waals surface area contributed by atoms with E-state index in [2.05, 4.69) is 15.4 Å². The van der Waals surface area contributed by atoms with Crippen LogP contribution in [0.25, 0.3) is 0 Å². The number of carbonyl (C=O) groups is 1. The SMILES string of the molecule is O=C(Cc1cccc(O)c1)NCCCn1cncn1. The summed E-state index contributed by atoms with van der Waals surface area (Å²) in [5.41, 5.74) is 0.800. The van der Waals surface area contributed by atoms with Gasteiger partial charge in [-0.25, -0.2) is 4.98 Å². The number of nitrogens with zero attached hydrogens (tertiary/aromatic N) is 3. The lowest BCUT2D eigenvalue weighted by atomic mass is 10.1. The molecular weight excluding hydrogens is 244 g/mol. The molecule has 1 aromatic carbocycles. The molecule has 0 aliphatic carbocycles. The molecule has 100 valence electrons. The predicted octanol–water partition coefficient (Wildman–Crippen LogP) is 0.733. The molecule has 2 N–H and O–H groups in total. The van der Waals surface area contributed by atoms with Crippen LogP contribution in [0.3, 0.4) is 0 Å². The molecule has 0 aliphatic heterocycles. The van der Waals surface area contributed by atoms with Gasteiger partial charge < -0.3 is 10.4 Å². The number of amides is 1. The van der Waals surface area contributed by atoms with Crippen molar-refractivity contribution in [3.8, 4) is 5.75 Å². The van der Waals surface area contributed by atoms with E-state index in [0.29, 0.717) is 6.54 Å². The van der Waals surface area contributed by atoms with Crippen molar-refractivity contribution in [1.82, 2.24) is 20.1 Å². The van der Waals surface area contributed by atoms with E-state index in [4.69, 9.17) is 0 Å². The summed E-state index contributed by atoms with van der Waals surface area (Å²) >= 11 is 0. The third-order valence-corrected chi connectivity index (χ3v) is 2.63. The molecule has 2 aromatic rings. The van der Waals surface area contributed by atoms with Gasteiger partial charge in [-0.3, -0.25) is 9.48 Å². The first-order valence-corrected chi connectivity index (χ1v) is 6.11. The molecule has 0 aliphatic rings. The van der Waals surface area contributed by atoms with Gasteiger partial charge in [-0.1, -0.05) is 12.1 Å². The number of aryl methyl sites for hydroxylation is 1. The van der Waals surface area contributed by atoms with Crippen LogP contribution in [0.1, 0.15) is 12.0 Å². The van der Waals surface area contributed by atoms with Crippen molar-refractivity contribution in [2.75, 3.05) is 6.54 Å². The molecule has 0 atom stereocenters. The minimum absolute atomic E-state index is 0.0517. The van der Waals surface area contributed by atoms with Crippen molar-refractivity contribution in [2.24, 2.45) is 0 Å². The van der Waals surface area contributed by atoms with E-state index < -0.39 is 0 Å². The molecule has 1 heterocycles. The molecule has 0 saturated heterocycles. The van der Waals surface area contributed by atoms with Crippen LogP contribution in [-0.2, 0) is 17.8 Å². The lowest BCUT2D eigenvalue weighted by molar-refractivity contribution is -0.120. The van der Waals surface area contributed by atoms with Crippen LogP contribution < -0.4 is 5.32 Å². The molecule has 19 heavy (non-hydrogen) atoms. The number of rotatable bonds is 6. The summed E-state index contributed by atoms with van der Waals surface area (Å²) < 4.78 is 1.72. The zero-order valence-electron chi connectivity index (χ0n) is 10.5. The maximum Gasteiger partial charge on any atom is 0.224 e. The highest BCUT2D eigenvalue weighted by molar-refractivity contribution is 5.78. The number of aromatic nitrogens is 3. The van der Waals surface area contributed by atoms with Crippen LogP contribution >= 0.6 is 0 Å². The number of hydrogen-bond donors (Lipinski definition) is 2. The zero-order valence-corrected chi connectivity index (χ0v) is 10.5. The summed E-state index contributed by atoms with van der Waals surface area (Å²) in [5.74, 6) is 0.126. The monoisotopic (exact) mass is 260 g/mol. The fraction of sp³-hybridized carbons (Fsp3) is 0.308. The average molecular weight is 260 g/mol. The maximum atomic E-state index is 11.7. The molecular formula is C13H16N4O2. The number of aromatic hydroxyl groups is 1. The van der Waals surface area contributed by atoms with E-state index in [1.54, 1.807) is 29.2 Å².